The Morgan fingerprint density at radius 1 is 1.55 bits per heavy atom. The van der Waals surface area contributed by atoms with Gasteiger partial charge in [0.2, 0.25) is 10.0 Å². The summed E-state index contributed by atoms with van der Waals surface area (Å²) in [5.41, 5.74) is 6.55. The minimum absolute atomic E-state index is 0.231. The van der Waals surface area contributed by atoms with Crippen LogP contribution in [0.3, 0.4) is 0 Å². The Morgan fingerprint density at radius 3 is 2.90 bits per heavy atom. The first-order chi connectivity index (χ1) is 9.48. The maximum absolute atomic E-state index is 12.6. The average Bonchev–Trinajstić information content (AvgIpc) is 2.46. The van der Waals surface area contributed by atoms with Crippen LogP contribution in [0.15, 0.2) is 23.1 Å². The molecule has 1 aromatic rings. The largest absolute Gasteiger partial charge is 0.374 e. The molecule has 0 spiro atoms. The van der Waals surface area contributed by atoms with Crippen molar-refractivity contribution in [2.24, 2.45) is 5.73 Å². The number of hydrogen-bond acceptors (Lipinski definition) is 5. The molecule has 2 rings (SSSR count). The zero-order chi connectivity index (χ0) is 14.8. The second-order valence-corrected chi connectivity index (χ2v) is 6.59. The van der Waals surface area contributed by atoms with E-state index in [0.29, 0.717) is 30.8 Å². The molecule has 1 fully saturated rings. The Bertz CT molecular complexity index is 637. The van der Waals surface area contributed by atoms with Gasteiger partial charge in [-0.25, -0.2) is 8.42 Å². The number of hydrogen-bond donors (Lipinski definition) is 1. The quantitative estimate of drug-likeness (QED) is 0.860. The summed E-state index contributed by atoms with van der Waals surface area (Å²) in [5.74, 6) is 0. The highest BCUT2D eigenvalue weighted by molar-refractivity contribution is 7.89. The van der Waals surface area contributed by atoms with E-state index in [2.05, 4.69) is 0 Å². The molecule has 0 aliphatic carbocycles. The number of benzene rings is 1. The molecule has 0 saturated carbocycles. The van der Waals surface area contributed by atoms with Crippen molar-refractivity contribution in [2.75, 3.05) is 26.2 Å². The van der Waals surface area contributed by atoms with Gasteiger partial charge in [-0.2, -0.15) is 9.57 Å². The number of morpholine rings is 1. The number of ether oxygens (including phenoxy) is 1. The van der Waals surface area contributed by atoms with Crippen molar-refractivity contribution in [1.82, 2.24) is 4.31 Å². The molecule has 1 heterocycles. The van der Waals surface area contributed by atoms with Crippen LogP contribution in [0.4, 0.5) is 0 Å². The van der Waals surface area contributed by atoms with E-state index in [1.807, 2.05) is 6.07 Å². The molecule has 2 N–H and O–H groups in total. The fourth-order valence-electron chi connectivity index (χ4n) is 2.20. The highest BCUT2D eigenvalue weighted by Crippen LogP contribution is 2.22. The van der Waals surface area contributed by atoms with Crippen LogP contribution < -0.4 is 5.73 Å². The molecule has 0 amide bonds. The summed E-state index contributed by atoms with van der Waals surface area (Å²) in [6.07, 6.45) is -0.266. The fraction of sp³-hybridized carbons (Fsp3) is 0.462. The van der Waals surface area contributed by atoms with Crippen LogP contribution in [0, 0.1) is 18.3 Å². The van der Waals surface area contributed by atoms with Gasteiger partial charge in [-0.15, -0.1) is 0 Å². The molecule has 1 aromatic carbocycles. The third-order valence-electron chi connectivity index (χ3n) is 3.29. The highest BCUT2D eigenvalue weighted by atomic mass is 32.2. The summed E-state index contributed by atoms with van der Waals surface area (Å²) in [6, 6.07) is 6.57. The molecule has 0 radical (unpaired) electrons. The van der Waals surface area contributed by atoms with Crippen LogP contribution in [-0.2, 0) is 14.8 Å². The van der Waals surface area contributed by atoms with Crippen molar-refractivity contribution < 1.29 is 13.2 Å². The van der Waals surface area contributed by atoms with Gasteiger partial charge in [0.05, 0.1) is 29.2 Å². The monoisotopic (exact) mass is 295 g/mol. The first kappa shape index (κ1) is 14.9. The van der Waals surface area contributed by atoms with Crippen molar-refractivity contribution in [1.29, 1.82) is 5.26 Å². The summed E-state index contributed by atoms with van der Waals surface area (Å²) >= 11 is 0. The molecule has 1 atom stereocenters. The van der Waals surface area contributed by atoms with Gasteiger partial charge in [0, 0.05) is 19.6 Å². The van der Waals surface area contributed by atoms with Gasteiger partial charge in [-0.05, 0) is 30.7 Å². The first-order valence-corrected chi connectivity index (χ1v) is 7.75. The number of nitrogens with zero attached hydrogens (tertiary/aromatic N) is 2. The predicted molar refractivity (Wildman–Crippen MR) is 73.4 cm³/mol. The lowest BCUT2D eigenvalue weighted by Crippen LogP contribution is -2.48. The standard InChI is InChI=1S/C13H17N3O3S/c1-10-6-11(7-14)2-3-13(10)20(17,18)16-4-5-19-12(8-15)9-16/h2-3,6,12H,4-5,8-9,15H2,1H3. The van der Waals surface area contributed by atoms with Gasteiger partial charge in [0.15, 0.2) is 0 Å². The Kier molecular flexibility index (Phi) is 4.40. The lowest BCUT2D eigenvalue weighted by molar-refractivity contribution is 0.00449. The first-order valence-electron chi connectivity index (χ1n) is 6.31. The molecule has 6 nitrogen and oxygen atoms in total. The van der Waals surface area contributed by atoms with Crippen LogP contribution in [0.5, 0.6) is 0 Å². The fourth-order valence-corrected chi connectivity index (χ4v) is 3.86. The van der Waals surface area contributed by atoms with E-state index in [1.54, 1.807) is 13.0 Å². The second kappa shape index (κ2) is 5.89. The molecule has 1 saturated heterocycles. The second-order valence-electron chi connectivity index (χ2n) is 4.68. The summed E-state index contributed by atoms with van der Waals surface area (Å²) in [5, 5.41) is 8.83. The highest BCUT2D eigenvalue weighted by Gasteiger charge is 2.31. The number of rotatable bonds is 3. The number of nitrogens with two attached hydrogens (primary N) is 1. The summed E-state index contributed by atoms with van der Waals surface area (Å²) in [4.78, 5) is 0.231. The number of aryl methyl sites for hydroxylation is 1. The molecule has 0 bridgehead atoms. The molecular weight excluding hydrogens is 278 g/mol. The van der Waals surface area contributed by atoms with Crippen molar-refractivity contribution in [2.45, 2.75) is 17.9 Å². The van der Waals surface area contributed by atoms with Crippen LogP contribution in [0.2, 0.25) is 0 Å². The lowest BCUT2D eigenvalue weighted by Gasteiger charge is -2.31. The zero-order valence-electron chi connectivity index (χ0n) is 11.2. The average molecular weight is 295 g/mol. The number of nitriles is 1. The van der Waals surface area contributed by atoms with Gasteiger partial charge < -0.3 is 10.5 Å². The Morgan fingerprint density at radius 2 is 2.30 bits per heavy atom. The minimum atomic E-state index is -3.57. The zero-order valence-corrected chi connectivity index (χ0v) is 12.1. The molecule has 1 unspecified atom stereocenters. The Hall–Kier alpha value is -1.46. The molecule has 0 aromatic heterocycles. The Labute approximate surface area is 118 Å². The van der Waals surface area contributed by atoms with Crippen molar-refractivity contribution >= 4 is 10.0 Å². The van der Waals surface area contributed by atoms with Crippen LogP contribution >= 0.6 is 0 Å². The molecule has 1 aliphatic rings. The van der Waals surface area contributed by atoms with E-state index in [4.69, 9.17) is 15.7 Å². The summed E-state index contributed by atoms with van der Waals surface area (Å²) in [7, 11) is -3.57. The van der Waals surface area contributed by atoms with E-state index < -0.39 is 10.0 Å². The van der Waals surface area contributed by atoms with Crippen molar-refractivity contribution in [3.63, 3.8) is 0 Å². The SMILES string of the molecule is Cc1cc(C#N)ccc1S(=O)(=O)N1CCOC(CN)C1. The topological polar surface area (TPSA) is 96.4 Å². The van der Waals surface area contributed by atoms with Crippen molar-refractivity contribution in [3.05, 3.63) is 29.3 Å². The summed E-state index contributed by atoms with van der Waals surface area (Å²) in [6.45, 7) is 2.90. The van der Waals surface area contributed by atoms with E-state index >= 15 is 0 Å². The molecule has 108 valence electrons. The maximum atomic E-state index is 12.6. The van der Waals surface area contributed by atoms with Crippen LogP contribution in [0.1, 0.15) is 11.1 Å². The molecule has 1 aliphatic heterocycles. The van der Waals surface area contributed by atoms with E-state index in [9.17, 15) is 8.42 Å². The van der Waals surface area contributed by atoms with Crippen LogP contribution in [0.25, 0.3) is 0 Å². The van der Waals surface area contributed by atoms with E-state index in [1.165, 1.54) is 16.4 Å². The van der Waals surface area contributed by atoms with Gasteiger partial charge in [-0.1, -0.05) is 0 Å². The normalized spacial score (nSPS) is 20.6. The van der Waals surface area contributed by atoms with E-state index in [-0.39, 0.29) is 17.5 Å². The van der Waals surface area contributed by atoms with Gasteiger partial charge >= 0.3 is 0 Å². The minimum Gasteiger partial charge on any atom is -0.374 e. The third kappa shape index (κ3) is 2.83. The number of sulfonamides is 1. The van der Waals surface area contributed by atoms with Crippen molar-refractivity contribution in [3.8, 4) is 6.07 Å². The van der Waals surface area contributed by atoms with Crippen LogP contribution in [-0.4, -0.2) is 45.1 Å². The van der Waals surface area contributed by atoms with Gasteiger partial charge in [0.1, 0.15) is 0 Å². The summed E-state index contributed by atoms with van der Waals surface area (Å²) < 4.78 is 32.0. The molecule has 7 heteroatoms. The lowest BCUT2D eigenvalue weighted by atomic mass is 10.2. The predicted octanol–water partition coefficient (Wildman–Crippen LogP) is 0.215. The van der Waals surface area contributed by atoms with Gasteiger partial charge in [-0.3, -0.25) is 0 Å². The molecule has 20 heavy (non-hydrogen) atoms. The Balaban J connectivity index is 2.33. The smallest absolute Gasteiger partial charge is 0.243 e. The molecular formula is C13H17N3O3S. The third-order valence-corrected chi connectivity index (χ3v) is 5.31. The van der Waals surface area contributed by atoms with E-state index in [0.717, 1.165) is 0 Å². The maximum Gasteiger partial charge on any atom is 0.243 e. The van der Waals surface area contributed by atoms with Gasteiger partial charge in [0.25, 0.3) is 0 Å².